The molecule has 1 aliphatic rings. The van der Waals surface area contributed by atoms with E-state index < -0.39 is 94.2 Å². The van der Waals surface area contributed by atoms with Crippen molar-refractivity contribution in [3.63, 3.8) is 0 Å². The van der Waals surface area contributed by atoms with E-state index in [0.717, 1.165) is 23.7 Å². The molecule has 0 saturated carbocycles. The number of H-pyrrole nitrogens is 1. The number of ketones is 2. The highest BCUT2D eigenvalue weighted by Crippen LogP contribution is 2.27. The maximum Gasteiger partial charge on any atom is 0.458 e. The summed E-state index contributed by atoms with van der Waals surface area (Å²) in [6.45, 7) is 12.8. The first kappa shape index (κ1) is 94.5. The molecule has 0 bridgehead atoms. The van der Waals surface area contributed by atoms with Crippen LogP contribution in [-0.2, 0) is 83.3 Å². The number of amides is 4. The second kappa shape index (κ2) is 50.1. The second-order valence-corrected chi connectivity index (χ2v) is 26.1. The number of rotatable bonds is 45. The zero-order valence-corrected chi connectivity index (χ0v) is 61.9. The first-order valence-electron chi connectivity index (χ1n) is 34.0. The first-order valence-corrected chi connectivity index (χ1v) is 36.4. The third-order valence-electron chi connectivity index (χ3n) is 15.2. The van der Waals surface area contributed by atoms with E-state index in [9.17, 15) is 103 Å². The van der Waals surface area contributed by atoms with Gasteiger partial charge in [-0.25, -0.2) is 18.7 Å². The molecule has 1 fully saturated rings. The topological polar surface area (TPSA) is 493 Å². The van der Waals surface area contributed by atoms with Gasteiger partial charge in [-0.05, 0) is 94.8 Å². The van der Waals surface area contributed by atoms with Crippen molar-refractivity contribution in [2.24, 2.45) is 0 Å². The molecule has 0 aliphatic carbocycles. The highest BCUT2D eigenvalue weighted by atomic mass is 32.2. The lowest BCUT2D eigenvalue weighted by molar-refractivity contribution is -0.432. The first-order chi connectivity index (χ1) is 51.6. The molecule has 0 unspecified atom stereocenters. The number of fused-ring (bicyclic) bond motifs is 1. The number of Topliss-reactive ketones (excluding diaryl/α,β-unsaturated/α-hetero) is 2. The number of aryl methyl sites for hydroxylation is 3. The smallest absolute Gasteiger partial charge is 0.458 e. The Bertz CT molecular complexity index is 3560. The number of halogens is 6. The van der Waals surface area contributed by atoms with E-state index in [1.165, 1.54) is 0 Å². The van der Waals surface area contributed by atoms with Crippen LogP contribution in [0.25, 0.3) is 10.9 Å². The Balaban J connectivity index is 0.000000492. The molecule has 4 aromatic rings. The SMILES string of the molecule is CCOCCCNC(=O)CCCOc1cc(C)c(S(=O)(=O)N[C@@H](CNC(=O)c2ccc3c(cnn3CCCNc3ncc[nH]3)c2)C(=O)O)c(C)c1.CCOCCOCCCNC(=O)[C@@H](CSOOO)NC(=O)CN1CCN(CC(=O)O)CCN(CC(=O)O)CCN(CC(=O)O)CC1.O=C(C(=O)C(F)(F)F)C(F)(F)F. The van der Waals surface area contributed by atoms with Gasteiger partial charge in [-0.3, -0.25) is 72.2 Å². The minimum atomic E-state index is -5.77. The minimum Gasteiger partial charge on any atom is -0.494 e. The standard InChI is InChI=1S/C34H46N8O8S.C26H48N6O13S.C4F6O2/c1-4-49-16-7-12-35-30(43)8-5-17-50-27-18-23(2)31(24(3)19-27)51(47,48)41-28(33(45)46)22-39-32(44)25-9-10-29-26(20-25)21-40-42(29)15-6-11-36-34-37-13-14-38-34;1-2-42-14-15-43-13-3-4-27-26(40)21(20-46-45-44-41)28-22(33)16-29-5-7-30(17-23(34)35)9-11-32(19-25(38)39)12-10-31(8-6-29)18-24(36)37;5-3(6,7)1(11)2(12)4(8,9)10/h9-10,13-14,18-21,28,41H,4-8,11-12,15-17,22H2,1-3H3,(H,35,43)(H,39,44)(H,45,46)(H2,36,37,38);21,41H,2-20H2,1H3,(H,27,40)(H,28,33)(H,34,35)(H,36,37)(H,38,39);/t28-;21-;/m01./s1. The van der Waals surface area contributed by atoms with E-state index >= 15 is 0 Å². The Labute approximate surface area is 626 Å². The highest BCUT2D eigenvalue weighted by Gasteiger charge is 2.54. The number of carboxylic acid groups (broad SMARTS) is 4. The van der Waals surface area contributed by atoms with Crippen molar-refractivity contribution < 1.29 is 137 Å². The molecule has 4 amide bonds. The van der Waals surface area contributed by atoms with Crippen LogP contribution in [0.2, 0.25) is 0 Å². The second-order valence-electron chi connectivity index (χ2n) is 23.8. The molecule has 2 aromatic heterocycles. The summed E-state index contributed by atoms with van der Waals surface area (Å²) in [5.41, 5.74) is 1.80. The Kier molecular flexibility index (Phi) is 43.4. The molecule has 1 aliphatic heterocycles. The van der Waals surface area contributed by atoms with Crippen molar-refractivity contribution in [1.29, 1.82) is 0 Å². The molecular weight excluding hydrogens is 1510 g/mol. The largest absolute Gasteiger partial charge is 0.494 e. The number of aromatic nitrogens is 4. The molecule has 3 heterocycles. The van der Waals surface area contributed by atoms with Crippen molar-refractivity contribution in [3.8, 4) is 5.75 Å². The molecule has 612 valence electrons. The number of imidazole rings is 1. The van der Waals surface area contributed by atoms with Gasteiger partial charge in [0.15, 0.2) is 5.95 Å². The zero-order valence-electron chi connectivity index (χ0n) is 60.3. The fourth-order valence-corrected chi connectivity index (χ4v) is 12.2. The number of carbonyl (C=O) groups is 10. The molecule has 109 heavy (non-hydrogen) atoms. The van der Waals surface area contributed by atoms with E-state index in [1.54, 1.807) is 82.4 Å². The van der Waals surface area contributed by atoms with Gasteiger partial charge in [-0.2, -0.15) is 36.2 Å². The van der Waals surface area contributed by atoms with Gasteiger partial charge in [0.1, 0.15) is 17.8 Å². The van der Waals surface area contributed by atoms with Crippen LogP contribution < -0.4 is 36.0 Å². The van der Waals surface area contributed by atoms with Crippen molar-refractivity contribution >= 4 is 98.0 Å². The number of sulfonamides is 1. The monoisotopic (exact) mass is 1600 g/mol. The number of aromatic amines is 1. The van der Waals surface area contributed by atoms with Gasteiger partial charge in [0.25, 0.3) is 5.91 Å². The quantitative estimate of drug-likeness (QED) is 0.00746. The van der Waals surface area contributed by atoms with Crippen LogP contribution in [0.3, 0.4) is 0 Å². The van der Waals surface area contributed by atoms with Crippen molar-refractivity contribution in [3.05, 3.63) is 65.6 Å². The summed E-state index contributed by atoms with van der Waals surface area (Å²) in [7, 11) is -4.32. The Morgan fingerprint density at radius 3 is 1.69 bits per heavy atom. The molecular formula is C64H94F6N14O23S2. The molecule has 2 aromatic carbocycles. The van der Waals surface area contributed by atoms with Gasteiger partial charge >= 0.3 is 47.8 Å². The summed E-state index contributed by atoms with van der Waals surface area (Å²) in [6, 6.07) is 5.40. The minimum absolute atomic E-state index is 0.0851. The average Bonchev–Trinajstić information content (AvgIpc) is 1.23. The van der Waals surface area contributed by atoms with Crippen LogP contribution in [0.5, 0.6) is 5.75 Å². The Hall–Kier alpha value is -8.74. The molecule has 5 rings (SSSR count). The number of carboxylic acids is 4. The predicted molar refractivity (Wildman–Crippen MR) is 375 cm³/mol. The van der Waals surface area contributed by atoms with E-state index in [1.807, 2.05) is 18.5 Å². The third kappa shape index (κ3) is 38.5. The maximum absolute atomic E-state index is 13.4. The van der Waals surface area contributed by atoms with Crippen molar-refractivity contribution in [2.45, 2.75) is 95.7 Å². The normalized spacial score (nSPS) is 14.2. The number of ether oxygens (including phenoxy) is 4. The molecule has 2 atom stereocenters. The number of hydrogen-bond acceptors (Lipinski definition) is 27. The number of nitrogens with zero attached hydrogens (tertiary/aromatic N) is 7. The van der Waals surface area contributed by atoms with E-state index in [4.69, 9.17) is 24.2 Å². The molecule has 1 saturated heterocycles. The van der Waals surface area contributed by atoms with Crippen LogP contribution in [0.1, 0.15) is 67.4 Å². The number of nitrogens with one attached hydrogen (secondary N) is 7. The van der Waals surface area contributed by atoms with Gasteiger partial charge in [0.2, 0.25) is 27.7 Å². The van der Waals surface area contributed by atoms with Crippen LogP contribution in [-0.4, -0.2) is 314 Å². The van der Waals surface area contributed by atoms with Crippen LogP contribution >= 0.6 is 12.0 Å². The summed E-state index contributed by atoms with van der Waals surface area (Å²) < 4.78 is 124. The van der Waals surface area contributed by atoms with Crippen molar-refractivity contribution in [1.82, 2.24) is 65.3 Å². The molecule has 37 nitrogen and oxygen atoms in total. The molecule has 12 N–H and O–H groups in total. The fraction of sp³-hybridized carbons (Fsp3) is 0.594. The average molecular weight is 1610 g/mol. The molecule has 0 spiro atoms. The number of anilines is 1. The van der Waals surface area contributed by atoms with Gasteiger partial charge < -0.3 is 70.9 Å². The lowest BCUT2D eigenvalue weighted by atomic mass is 10.1. The maximum atomic E-state index is 13.4. The summed E-state index contributed by atoms with van der Waals surface area (Å²) in [5, 5.41) is 69.0. The Morgan fingerprint density at radius 2 is 1.17 bits per heavy atom. The summed E-state index contributed by atoms with van der Waals surface area (Å²) >= 11 is 0.599. The van der Waals surface area contributed by atoms with Crippen LogP contribution in [0.4, 0.5) is 32.3 Å². The van der Waals surface area contributed by atoms with E-state index in [2.05, 4.69) is 55.7 Å². The lowest BCUT2D eigenvalue weighted by Crippen LogP contribution is -2.53. The third-order valence-corrected chi connectivity index (χ3v) is 17.6. The van der Waals surface area contributed by atoms with Crippen LogP contribution in [0.15, 0.2) is 53.8 Å². The number of hydrogen-bond donors (Lipinski definition) is 12. The summed E-state index contributed by atoms with van der Waals surface area (Å²) in [5.74, 6) is -12.1. The molecule has 45 heteroatoms. The van der Waals surface area contributed by atoms with Crippen LogP contribution in [0, 0.1) is 13.8 Å². The van der Waals surface area contributed by atoms with Gasteiger partial charge in [0, 0.05) is 153 Å². The van der Waals surface area contributed by atoms with Gasteiger partial charge in [-0.1, -0.05) is 5.04 Å². The van der Waals surface area contributed by atoms with Gasteiger partial charge in [0.05, 0.1) is 68.4 Å². The highest BCUT2D eigenvalue weighted by molar-refractivity contribution is 7.94. The van der Waals surface area contributed by atoms with E-state index in [-0.39, 0.29) is 120 Å². The van der Waals surface area contributed by atoms with Gasteiger partial charge in [-0.15, -0.1) is 4.33 Å². The Morgan fingerprint density at radius 1 is 0.642 bits per heavy atom. The number of carbonyl (C=O) groups excluding carboxylic acids is 6. The lowest BCUT2D eigenvalue weighted by Gasteiger charge is -2.33. The zero-order chi connectivity index (χ0) is 81.1. The molecule has 0 radical (unpaired) electrons. The number of alkyl halides is 6. The summed E-state index contributed by atoms with van der Waals surface area (Å²) in [6.07, 6.45) is -3.72. The van der Waals surface area contributed by atoms with E-state index in [0.29, 0.717) is 107 Å². The number of aliphatic carboxylic acids is 4. The summed E-state index contributed by atoms with van der Waals surface area (Å²) in [4.78, 5) is 130. The predicted octanol–water partition coefficient (Wildman–Crippen LogP) is 1.57. The van der Waals surface area contributed by atoms with Crippen molar-refractivity contribution in [2.75, 3.05) is 162 Å². The number of benzene rings is 2. The fourth-order valence-electron chi connectivity index (χ4n) is 10.1.